The first-order valence-corrected chi connectivity index (χ1v) is 6.58. The smallest absolute Gasteiger partial charge is 0.344 e. The Labute approximate surface area is 94.8 Å². The minimum atomic E-state index is -3.53. The topological polar surface area (TPSA) is 78.9 Å². The van der Waals surface area contributed by atoms with Gasteiger partial charge in [0.2, 0.25) is 0 Å². The van der Waals surface area contributed by atoms with Gasteiger partial charge in [-0.15, -0.1) is 0 Å². The monoisotopic (exact) mass is 252 g/mol. The third-order valence-electron chi connectivity index (χ3n) is 1.64. The summed E-state index contributed by atoms with van der Waals surface area (Å²) in [5.74, 6) is -0.550. The Kier molecular flexibility index (Phi) is 7.21. The van der Waals surface area contributed by atoms with Crippen molar-refractivity contribution in [1.29, 1.82) is 0 Å². The number of carbonyl (C=O) groups excluding carboxylic acids is 2. The molecule has 0 heterocycles. The third kappa shape index (κ3) is 4.88. The highest BCUT2D eigenvalue weighted by Crippen LogP contribution is 2.52. The SMILES string of the molecule is CCOP(=O)(OCC)C(C=O)COC(C)=O. The van der Waals surface area contributed by atoms with Crippen LogP contribution in [0.2, 0.25) is 0 Å². The maximum Gasteiger partial charge on any atom is 0.344 e. The van der Waals surface area contributed by atoms with Crippen LogP contribution in [0.15, 0.2) is 0 Å². The van der Waals surface area contributed by atoms with Crippen molar-refractivity contribution in [3.05, 3.63) is 0 Å². The molecule has 0 rings (SSSR count). The van der Waals surface area contributed by atoms with Crippen molar-refractivity contribution in [1.82, 2.24) is 0 Å². The molecular formula is C9H17O6P. The minimum Gasteiger partial charge on any atom is -0.464 e. The van der Waals surface area contributed by atoms with Gasteiger partial charge < -0.3 is 18.6 Å². The summed E-state index contributed by atoms with van der Waals surface area (Å²) in [6.07, 6.45) is 0.426. The Hall–Kier alpha value is -0.710. The van der Waals surface area contributed by atoms with E-state index in [-0.39, 0.29) is 19.8 Å². The molecule has 7 heteroatoms. The van der Waals surface area contributed by atoms with Crippen LogP contribution in [-0.4, -0.2) is 37.7 Å². The molecule has 0 N–H and O–H groups in total. The molecule has 0 aliphatic heterocycles. The molecule has 0 fully saturated rings. The molecule has 94 valence electrons. The van der Waals surface area contributed by atoms with E-state index in [1.807, 2.05) is 0 Å². The van der Waals surface area contributed by atoms with Crippen LogP contribution < -0.4 is 0 Å². The Morgan fingerprint density at radius 2 is 1.81 bits per heavy atom. The second-order valence-electron chi connectivity index (χ2n) is 2.88. The molecule has 6 nitrogen and oxygen atoms in total. The molecule has 0 aromatic heterocycles. The van der Waals surface area contributed by atoms with Crippen LogP contribution in [-0.2, 0) is 27.9 Å². The number of hydrogen-bond donors (Lipinski definition) is 0. The van der Waals surface area contributed by atoms with Gasteiger partial charge in [-0.05, 0) is 13.8 Å². The number of carbonyl (C=O) groups is 2. The summed E-state index contributed by atoms with van der Waals surface area (Å²) in [4.78, 5) is 21.4. The van der Waals surface area contributed by atoms with E-state index in [0.29, 0.717) is 6.29 Å². The first-order chi connectivity index (χ1) is 7.50. The highest BCUT2D eigenvalue weighted by Gasteiger charge is 2.36. The van der Waals surface area contributed by atoms with E-state index in [4.69, 9.17) is 9.05 Å². The molecule has 1 unspecified atom stereocenters. The summed E-state index contributed by atoms with van der Waals surface area (Å²) in [5, 5.41) is 0. The molecule has 16 heavy (non-hydrogen) atoms. The lowest BCUT2D eigenvalue weighted by Crippen LogP contribution is -2.22. The molecule has 0 spiro atoms. The maximum absolute atomic E-state index is 12.1. The van der Waals surface area contributed by atoms with Crippen molar-refractivity contribution in [2.45, 2.75) is 26.4 Å². The molecule has 0 radical (unpaired) electrons. The lowest BCUT2D eigenvalue weighted by molar-refractivity contribution is -0.141. The van der Waals surface area contributed by atoms with Crippen LogP contribution in [0.5, 0.6) is 0 Å². The zero-order valence-corrected chi connectivity index (χ0v) is 10.6. The van der Waals surface area contributed by atoms with Gasteiger partial charge in [0.15, 0.2) is 5.66 Å². The van der Waals surface area contributed by atoms with E-state index in [1.54, 1.807) is 13.8 Å². The second-order valence-corrected chi connectivity index (χ2v) is 5.14. The predicted molar refractivity (Wildman–Crippen MR) is 57.3 cm³/mol. The predicted octanol–water partition coefficient (Wildman–Crippen LogP) is 1.38. The lowest BCUT2D eigenvalue weighted by atomic mass is 10.5. The number of aldehydes is 1. The maximum atomic E-state index is 12.1. The van der Waals surface area contributed by atoms with Gasteiger partial charge in [0.25, 0.3) is 0 Å². The Bertz CT molecular complexity index is 267. The van der Waals surface area contributed by atoms with Crippen LogP contribution in [0.25, 0.3) is 0 Å². The molecule has 0 amide bonds. The van der Waals surface area contributed by atoms with Crippen molar-refractivity contribution < 1.29 is 27.9 Å². The van der Waals surface area contributed by atoms with E-state index in [1.165, 1.54) is 6.92 Å². The van der Waals surface area contributed by atoms with Crippen LogP contribution in [0.3, 0.4) is 0 Å². The molecule has 0 aliphatic carbocycles. The van der Waals surface area contributed by atoms with E-state index in [0.717, 1.165) is 0 Å². The van der Waals surface area contributed by atoms with Gasteiger partial charge in [0.1, 0.15) is 12.9 Å². The van der Waals surface area contributed by atoms with E-state index in [9.17, 15) is 14.2 Å². The van der Waals surface area contributed by atoms with Crippen molar-refractivity contribution in [2.24, 2.45) is 0 Å². The quantitative estimate of drug-likeness (QED) is 0.369. The van der Waals surface area contributed by atoms with E-state index < -0.39 is 19.2 Å². The highest BCUT2D eigenvalue weighted by atomic mass is 31.2. The molecule has 0 bridgehead atoms. The van der Waals surface area contributed by atoms with Crippen LogP contribution >= 0.6 is 7.60 Å². The zero-order chi connectivity index (χ0) is 12.6. The fourth-order valence-corrected chi connectivity index (χ4v) is 2.58. The zero-order valence-electron chi connectivity index (χ0n) is 9.67. The molecule has 0 aromatic carbocycles. The van der Waals surface area contributed by atoms with Gasteiger partial charge in [-0.3, -0.25) is 9.36 Å². The van der Waals surface area contributed by atoms with Crippen LogP contribution in [0.1, 0.15) is 20.8 Å². The van der Waals surface area contributed by atoms with Crippen molar-refractivity contribution in [3.8, 4) is 0 Å². The fourth-order valence-electron chi connectivity index (χ4n) is 0.996. The standard InChI is InChI=1S/C9H17O6P/c1-4-14-16(12,15-5-2)9(6-10)7-13-8(3)11/h6,9H,4-5,7H2,1-3H3. The van der Waals surface area contributed by atoms with Gasteiger partial charge in [-0.25, -0.2) is 0 Å². The first kappa shape index (κ1) is 15.3. The molecule has 0 saturated heterocycles. The average Bonchev–Trinajstić information content (AvgIpc) is 2.18. The van der Waals surface area contributed by atoms with Crippen molar-refractivity contribution in [3.63, 3.8) is 0 Å². The molecule has 0 aliphatic rings. The number of ether oxygens (including phenoxy) is 1. The molecular weight excluding hydrogens is 235 g/mol. The van der Waals surface area contributed by atoms with E-state index in [2.05, 4.69) is 4.74 Å². The number of hydrogen-bond acceptors (Lipinski definition) is 6. The van der Waals surface area contributed by atoms with Gasteiger partial charge in [0.05, 0.1) is 13.2 Å². The van der Waals surface area contributed by atoms with Gasteiger partial charge >= 0.3 is 13.6 Å². The van der Waals surface area contributed by atoms with Crippen LogP contribution in [0, 0.1) is 0 Å². The Balaban J connectivity index is 4.63. The molecule has 1 atom stereocenters. The average molecular weight is 252 g/mol. The van der Waals surface area contributed by atoms with Gasteiger partial charge in [-0.2, -0.15) is 0 Å². The van der Waals surface area contributed by atoms with Crippen molar-refractivity contribution in [2.75, 3.05) is 19.8 Å². The molecule has 0 aromatic rings. The lowest BCUT2D eigenvalue weighted by Gasteiger charge is -2.21. The van der Waals surface area contributed by atoms with Crippen molar-refractivity contribution >= 4 is 19.9 Å². The third-order valence-corrected chi connectivity index (χ3v) is 3.96. The summed E-state index contributed by atoms with van der Waals surface area (Å²) in [6.45, 7) is 4.49. The first-order valence-electron chi connectivity index (χ1n) is 4.97. The van der Waals surface area contributed by atoms with Crippen LogP contribution in [0.4, 0.5) is 0 Å². The summed E-state index contributed by atoms with van der Waals surface area (Å²) >= 11 is 0. The fraction of sp³-hybridized carbons (Fsp3) is 0.778. The Morgan fingerprint density at radius 1 is 1.31 bits per heavy atom. The largest absolute Gasteiger partial charge is 0.464 e. The number of esters is 1. The summed E-state index contributed by atoms with van der Waals surface area (Å²) in [6, 6.07) is 0. The normalized spacial score (nSPS) is 13.2. The van der Waals surface area contributed by atoms with Gasteiger partial charge in [0, 0.05) is 6.92 Å². The summed E-state index contributed by atoms with van der Waals surface area (Å²) in [5.41, 5.74) is -1.07. The Morgan fingerprint density at radius 3 is 2.12 bits per heavy atom. The minimum absolute atomic E-state index is 0.154. The van der Waals surface area contributed by atoms with Gasteiger partial charge in [-0.1, -0.05) is 0 Å². The summed E-state index contributed by atoms with van der Waals surface area (Å²) < 4.78 is 26.7. The highest BCUT2D eigenvalue weighted by molar-refractivity contribution is 7.55. The number of rotatable bonds is 8. The second kappa shape index (κ2) is 7.54. The summed E-state index contributed by atoms with van der Waals surface area (Å²) in [7, 11) is -3.53. The van der Waals surface area contributed by atoms with E-state index >= 15 is 0 Å². The molecule has 0 saturated carbocycles.